The molecule has 1 heterocycles. The molecule has 3 heteroatoms. The van der Waals surface area contributed by atoms with Crippen LogP contribution in [-0.4, -0.2) is 31.8 Å². The Hall–Kier alpha value is -2.00. The van der Waals surface area contributed by atoms with Gasteiger partial charge >= 0.3 is 0 Å². The molecule has 2 rings (SSSR count). The van der Waals surface area contributed by atoms with Gasteiger partial charge < -0.3 is 14.4 Å². The number of ether oxygens (including phenoxy) is 2. The lowest BCUT2D eigenvalue weighted by Crippen LogP contribution is -2.21. The molecule has 0 saturated carbocycles. The Balaban J connectivity index is 2.11. The molecule has 0 aromatic heterocycles. The Bertz CT molecular complexity index is 514. The van der Waals surface area contributed by atoms with E-state index in [1.807, 2.05) is 24.3 Å². The molecule has 0 N–H and O–H groups in total. The standard InChI is InChI=1S/C17H21NO2/c1-4-18-14(2)6-5-7-17(18)15-8-10-16(11-9-15)20-13-12-19-3/h5-11H,2,4,12-13H2,1,3H3. The van der Waals surface area contributed by atoms with Crippen LogP contribution in [0, 0.1) is 0 Å². The van der Waals surface area contributed by atoms with Crippen molar-refractivity contribution >= 4 is 5.70 Å². The van der Waals surface area contributed by atoms with Crippen LogP contribution >= 0.6 is 0 Å². The summed E-state index contributed by atoms with van der Waals surface area (Å²) >= 11 is 0. The van der Waals surface area contributed by atoms with Gasteiger partial charge in [-0.3, -0.25) is 0 Å². The van der Waals surface area contributed by atoms with Crippen molar-refractivity contribution in [3.63, 3.8) is 0 Å². The Kier molecular flexibility index (Phi) is 5.02. The first-order chi connectivity index (χ1) is 9.76. The molecule has 0 amide bonds. The molecular formula is C17H21NO2. The van der Waals surface area contributed by atoms with E-state index in [9.17, 15) is 0 Å². The monoisotopic (exact) mass is 271 g/mol. The Morgan fingerprint density at radius 3 is 2.55 bits per heavy atom. The molecule has 0 radical (unpaired) electrons. The molecule has 0 spiro atoms. The SMILES string of the molecule is C=C1C=CC=C(c2ccc(OCCOC)cc2)N1CC. The molecule has 0 fully saturated rings. The van der Waals surface area contributed by atoms with E-state index in [1.165, 1.54) is 5.70 Å². The van der Waals surface area contributed by atoms with E-state index in [0.717, 1.165) is 23.6 Å². The van der Waals surface area contributed by atoms with E-state index < -0.39 is 0 Å². The third-order valence-corrected chi connectivity index (χ3v) is 3.20. The lowest BCUT2D eigenvalue weighted by molar-refractivity contribution is 0.146. The number of hydrogen-bond acceptors (Lipinski definition) is 3. The maximum absolute atomic E-state index is 5.57. The highest BCUT2D eigenvalue weighted by atomic mass is 16.5. The van der Waals surface area contributed by atoms with Gasteiger partial charge in [0.15, 0.2) is 0 Å². The summed E-state index contributed by atoms with van der Waals surface area (Å²) in [6, 6.07) is 8.12. The van der Waals surface area contributed by atoms with Crippen molar-refractivity contribution in [2.75, 3.05) is 26.9 Å². The molecule has 0 unspecified atom stereocenters. The second-order valence-corrected chi connectivity index (χ2v) is 4.51. The van der Waals surface area contributed by atoms with Crippen LogP contribution in [0.15, 0.2) is 54.8 Å². The van der Waals surface area contributed by atoms with E-state index in [0.29, 0.717) is 13.2 Å². The molecule has 0 bridgehead atoms. The summed E-state index contributed by atoms with van der Waals surface area (Å²) in [5.74, 6) is 0.861. The number of rotatable bonds is 6. The van der Waals surface area contributed by atoms with Gasteiger partial charge in [-0.25, -0.2) is 0 Å². The van der Waals surface area contributed by atoms with Crippen LogP contribution in [0.5, 0.6) is 5.75 Å². The number of hydrogen-bond donors (Lipinski definition) is 0. The second-order valence-electron chi connectivity index (χ2n) is 4.51. The summed E-state index contributed by atoms with van der Waals surface area (Å²) in [6.07, 6.45) is 6.17. The number of nitrogens with zero attached hydrogens (tertiary/aromatic N) is 1. The fraction of sp³-hybridized carbons (Fsp3) is 0.294. The molecule has 0 saturated heterocycles. The number of likely N-dealkylation sites (N-methyl/N-ethyl adjacent to an activating group) is 1. The largest absolute Gasteiger partial charge is 0.491 e. The van der Waals surface area contributed by atoms with Crippen LogP contribution in [0.1, 0.15) is 12.5 Å². The van der Waals surface area contributed by atoms with Gasteiger partial charge in [-0.15, -0.1) is 0 Å². The minimum atomic E-state index is 0.569. The Morgan fingerprint density at radius 2 is 1.90 bits per heavy atom. The Labute approximate surface area is 120 Å². The van der Waals surface area contributed by atoms with Crippen molar-refractivity contribution < 1.29 is 9.47 Å². The zero-order chi connectivity index (χ0) is 14.4. The van der Waals surface area contributed by atoms with Gasteiger partial charge in [0.05, 0.1) is 6.61 Å². The summed E-state index contributed by atoms with van der Waals surface area (Å²) < 4.78 is 10.5. The highest BCUT2D eigenvalue weighted by molar-refractivity contribution is 5.69. The summed E-state index contributed by atoms with van der Waals surface area (Å²) in [6.45, 7) is 8.27. The van der Waals surface area contributed by atoms with Crippen molar-refractivity contribution in [1.29, 1.82) is 0 Å². The van der Waals surface area contributed by atoms with E-state index in [2.05, 4.69) is 36.6 Å². The average molecular weight is 271 g/mol. The van der Waals surface area contributed by atoms with Crippen molar-refractivity contribution in [2.45, 2.75) is 6.92 Å². The highest BCUT2D eigenvalue weighted by Crippen LogP contribution is 2.27. The van der Waals surface area contributed by atoms with Crippen LogP contribution in [-0.2, 0) is 4.74 Å². The van der Waals surface area contributed by atoms with Crippen LogP contribution in [0.3, 0.4) is 0 Å². The first-order valence-electron chi connectivity index (χ1n) is 6.83. The topological polar surface area (TPSA) is 21.7 Å². The summed E-state index contributed by atoms with van der Waals surface area (Å²) in [4.78, 5) is 2.20. The van der Waals surface area contributed by atoms with Crippen molar-refractivity contribution in [3.8, 4) is 5.75 Å². The van der Waals surface area contributed by atoms with Crippen LogP contribution in [0.4, 0.5) is 0 Å². The molecule has 106 valence electrons. The van der Waals surface area contributed by atoms with Crippen molar-refractivity contribution in [3.05, 3.63) is 60.3 Å². The van der Waals surface area contributed by atoms with E-state index in [4.69, 9.17) is 9.47 Å². The van der Waals surface area contributed by atoms with Gasteiger partial charge in [-0.2, -0.15) is 0 Å². The van der Waals surface area contributed by atoms with Gasteiger partial charge in [-0.05, 0) is 48.9 Å². The van der Waals surface area contributed by atoms with E-state index >= 15 is 0 Å². The molecule has 3 nitrogen and oxygen atoms in total. The number of allylic oxidation sites excluding steroid dienone is 3. The maximum atomic E-state index is 5.57. The molecule has 1 aliphatic rings. The zero-order valence-corrected chi connectivity index (χ0v) is 12.1. The fourth-order valence-electron chi connectivity index (χ4n) is 2.18. The predicted molar refractivity (Wildman–Crippen MR) is 82.5 cm³/mol. The molecule has 1 aromatic carbocycles. The molecule has 0 aliphatic carbocycles. The molecular weight excluding hydrogens is 250 g/mol. The summed E-state index contributed by atoms with van der Waals surface area (Å²) in [7, 11) is 1.67. The van der Waals surface area contributed by atoms with Gasteiger partial charge in [0.1, 0.15) is 12.4 Å². The summed E-state index contributed by atoms with van der Waals surface area (Å²) in [5.41, 5.74) is 3.35. The minimum absolute atomic E-state index is 0.569. The van der Waals surface area contributed by atoms with Gasteiger partial charge in [0.25, 0.3) is 0 Å². The third kappa shape index (κ3) is 3.31. The van der Waals surface area contributed by atoms with Crippen molar-refractivity contribution in [2.24, 2.45) is 0 Å². The van der Waals surface area contributed by atoms with Crippen molar-refractivity contribution in [1.82, 2.24) is 4.90 Å². The number of benzene rings is 1. The number of methoxy groups -OCH3 is 1. The third-order valence-electron chi connectivity index (χ3n) is 3.20. The first-order valence-corrected chi connectivity index (χ1v) is 6.83. The van der Waals surface area contributed by atoms with Crippen LogP contribution < -0.4 is 4.74 Å². The lowest BCUT2D eigenvalue weighted by atomic mass is 10.1. The van der Waals surface area contributed by atoms with Crippen LogP contribution in [0.2, 0.25) is 0 Å². The molecule has 1 aromatic rings. The zero-order valence-electron chi connectivity index (χ0n) is 12.1. The highest BCUT2D eigenvalue weighted by Gasteiger charge is 2.13. The minimum Gasteiger partial charge on any atom is -0.491 e. The van der Waals surface area contributed by atoms with Crippen LogP contribution in [0.25, 0.3) is 5.70 Å². The predicted octanol–water partition coefficient (Wildman–Crippen LogP) is 3.46. The normalized spacial score (nSPS) is 14.4. The van der Waals surface area contributed by atoms with Gasteiger partial charge in [0.2, 0.25) is 0 Å². The van der Waals surface area contributed by atoms with E-state index in [-0.39, 0.29) is 0 Å². The first kappa shape index (κ1) is 14.4. The smallest absolute Gasteiger partial charge is 0.119 e. The van der Waals surface area contributed by atoms with E-state index in [1.54, 1.807) is 7.11 Å². The van der Waals surface area contributed by atoms with Gasteiger partial charge in [-0.1, -0.05) is 12.7 Å². The Morgan fingerprint density at radius 1 is 1.15 bits per heavy atom. The molecule has 20 heavy (non-hydrogen) atoms. The lowest BCUT2D eigenvalue weighted by Gasteiger charge is -2.28. The second kappa shape index (κ2) is 6.96. The maximum Gasteiger partial charge on any atom is 0.119 e. The fourth-order valence-corrected chi connectivity index (χ4v) is 2.18. The molecule has 1 aliphatic heterocycles. The summed E-state index contributed by atoms with van der Waals surface area (Å²) in [5, 5.41) is 0. The quantitative estimate of drug-likeness (QED) is 0.740. The average Bonchev–Trinajstić information content (AvgIpc) is 2.48. The molecule has 0 atom stereocenters. The van der Waals surface area contributed by atoms with Gasteiger partial charge in [0, 0.05) is 25.0 Å².